The summed E-state index contributed by atoms with van der Waals surface area (Å²) in [5.41, 5.74) is 0.217. The van der Waals surface area contributed by atoms with Crippen LogP contribution in [0, 0.1) is 6.92 Å². The predicted molar refractivity (Wildman–Crippen MR) is 113 cm³/mol. The second-order valence-electron chi connectivity index (χ2n) is 7.31. The molecule has 1 saturated heterocycles. The number of carbonyl (C=O) groups excluding carboxylic acids is 1. The van der Waals surface area contributed by atoms with E-state index in [9.17, 15) is 18.0 Å². The Kier molecular flexibility index (Phi) is 6.11. The fourth-order valence-electron chi connectivity index (χ4n) is 3.48. The Morgan fingerprint density at radius 2 is 2.00 bits per heavy atom. The molecule has 0 N–H and O–H groups in total. The standard InChI is InChI=1S/C21H20F3N5O2S/c1-13-12-28(20(30)16-6-4-3-5-15(16)19-25-7-10-32-19)8-9-29(31-13)18-11-17(21(22,23)24)26-14(2)27-18/h3-7,10-11,13H,8-9,12H2,1-2H3/t13-/m0/s1. The number of aryl methyl sites for hydroxylation is 1. The van der Waals surface area contributed by atoms with Crippen LogP contribution in [-0.2, 0) is 11.0 Å². The normalized spacial score (nSPS) is 17.3. The van der Waals surface area contributed by atoms with Crippen LogP contribution in [0.1, 0.15) is 28.8 Å². The van der Waals surface area contributed by atoms with Crippen molar-refractivity contribution in [1.82, 2.24) is 19.9 Å². The third-order valence-electron chi connectivity index (χ3n) is 4.84. The summed E-state index contributed by atoms with van der Waals surface area (Å²) in [6, 6.07) is 8.08. The number of nitrogens with zero attached hydrogens (tertiary/aromatic N) is 5. The van der Waals surface area contributed by atoms with E-state index in [0.717, 1.165) is 16.6 Å². The van der Waals surface area contributed by atoms with Gasteiger partial charge < -0.3 is 4.90 Å². The minimum Gasteiger partial charge on any atom is -0.334 e. The minimum atomic E-state index is -4.60. The van der Waals surface area contributed by atoms with E-state index >= 15 is 0 Å². The van der Waals surface area contributed by atoms with Crippen LogP contribution in [-0.4, -0.2) is 51.5 Å². The lowest BCUT2D eigenvalue weighted by atomic mass is 10.1. The average molecular weight is 463 g/mol. The summed E-state index contributed by atoms with van der Waals surface area (Å²) in [6.45, 7) is 3.83. The SMILES string of the molecule is Cc1nc(N2CCN(C(=O)c3ccccc3-c3nccs3)C[C@H](C)O2)cc(C(F)(F)F)n1. The zero-order valence-corrected chi connectivity index (χ0v) is 18.2. The van der Waals surface area contributed by atoms with E-state index in [4.69, 9.17) is 4.84 Å². The predicted octanol–water partition coefficient (Wildman–Crippen LogP) is 4.21. The highest BCUT2D eigenvalue weighted by atomic mass is 32.1. The second kappa shape index (κ2) is 8.83. The number of amides is 1. The molecule has 3 aromatic rings. The second-order valence-corrected chi connectivity index (χ2v) is 8.20. The molecule has 0 bridgehead atoms. The molecule has 0 aliphatic carbocycles. The zero-order chi connectivity index (χ0) is 22.9. The largest absolute Gasteiger partial charge is 0.433 e. The Hall–Kier alpha value is -3.05. The summed E-state index contributed by atoms with van der Waals surface area (Å²) in [5, 5.41) is 3.88. The van der Waals surface area contributed by atoms with E-state index in [-0.39, 0.29) is 37.2 Å². The van der Waals surface area contributed by atoms with Gasteiger partial charge in [-0.25, -0.2) is 20.0 Å². The molecule has 168 valence electrons. The van der Waals surface area contributed by atoms with Crippen molar-refractivity contribution < 1.29 is 22.8 Å². The maximum atomic E-state index is 13.4. The van der Waals surface area contributed by atoms with Crippen molar-refractivity contribution in [2.45, 2.75) is 26.1 Å². The molecular formula is C21H20F3N5O2S. The number of aromatic nitrogens is 3. The molecule has 11 heteroatoms. The van der Waals surface area contributed by atoms with Gasteiger partial charge in [0.15, 0.2) is 5.82 Å². The minimum absolute atomic E-state index is 0.00848. The van der Waals surface area contributed by atoms with Crippen LogP contribution in [0.3, 0.4) is 0 Å². The first kappa shape index (κ1) is 22.2. The zero-order valence-electron chi connectivity index (χ0n) is 17.3. The number of benzene rings is 1. The van der Waals surface area contributed by atoms with Gasteiger partial charge in [-0.3, -0.25) is 9.63 Å². The lowest BCUT2D eigenvalue weighted by Crippen LogP contribution is -2.37. The van der Waals surface area contributed by atoms with Crippen molar-refractivity contribution in [1.29, 1.82) is 0 Å². The Balaban J connectivity index is 1.58. The molecule has 0 spiro atoms. The Labute approximate surface area is 186 Å². The fraction of sp³-hybridized carbons (Fsp3) is 0.333. The van der Waals surface area contributed by atoms with Crippen LogP contribution in [0.5, 0.6) is 0 Å². The van der Waals surface area contributed by atoms with Crippen molar-refractivity contribution in [2.75, 3.05) is 24.7 Å². The first-order valence-electron chi connectivity index (χ1n) is 9.87. The average Bonchev–Trinajstić information content (AvgIpc) is 3.21. The molecule has 7 nitrogen and oxygen atoms in total. The van der Waals surface area contributed by atoms with Gasteiger partial charge in [-0.05, 0) is 19.9 Å². The highest BCUT2D eigenvalue weighted by Gasteiger charge is 2.35. The quantitative estimate of drug-likeness (QED) is 0.580. The van der Waals surface area contributed by atoms with Crippen LogP contribution < -0.4 is 5.06 Å². The van der Waals surface area contributed by atoms with Crippen LogP contribution in [0.15, 0.2) is 41.9 Å². The monoisotopic (exact) mass is 463 g/mol. The number of halogens is 3. The summed E-state index contributed by atoms with van der Waals surface area (Å²) in [7, 11) is 0. The molecule has 1 aliphatic heterocycles. The number of hydrogen-bond acceptors (Lipinski definition) is 7. The third kappa shape index (κ3) is 4.73. The first-order chi connectivity index (χ1) is 15.2. The Morgan fingerprint density at radius 3 is 2.72 bits per heavy atom. The molecule has 1 aliphatic rings. The van der Waals surface area contributed by atoms with Gasteiger partial charge in [-0.1, -0.05) is 18.2 Å². The molecule has 1 amide bonds. The summed E-state index contributed by atoms with van der Waals surface area (Å²) in [6.07, 6.45) is -3.38. The maximum Gasteiger partial charge on any atom is 0.433 e. The maximum absolute atomic E-state index is 13.4. The van der Waals surface area contributed by atoms with Crippen LogP contribution in [0.25, 0.3) is 10.6 Å². The van der Waals surface area contributed by atoms with Crippen molar-refractivity contribution in [3.63, 3.8) is 0 Å². The number of hydroxylamine groups is 1. The molecule has 32 heavy (non-hydrogen) atoms. The summed E-state index contributed by atoms with van der Waals surface area (Å²) in [4.78, 5) is 32.7. The highest BCUT2D eigenvalue weighted by molar-refractivity contribution is 7.13. The molecule has 1 atom stereocenters. The van der Waals surface area contributed by atoms with Gasteiger partial charge in [0.1, 0.15) is 22.6 Å². The van der Waals surface area contributed by atoms with E-state index in [1.807, 2.05) is 17.5 Å². The number of carbonyl (C=O) groups is 1. The molecule has 2 aromatic heterocycles. The van der Waals surface area contributed by atoms with E-state index < -0.39 is 18.0 Å². The smallest absolute Gasteiger partial charge is 0.334 e. The molecule has 4 rings (SSSR count). The number of hydrogen-bond donors (Lipinski definition) is 0. The molecule has 0 saturated carbocycles. The topological polar surface area (TPSA) is 71.5 Å². The molecule has 0 unspecified atom stereocenters. The van der Waals surface area contributed by atoms with E-state index in [2.05, 4.69) is 15.0 Å². The molecular weight excluding hydrogens is 443 g/mol. The molecule has 1 aromatic carbocycles. The third-order valence-corrected chi connectivity index (χ3v) is 5.64. The van der Waals surface area contributed by atoms with Crippen molar-refractivity contribution >= 4 is 23.1 Å². The summed E-state index contributed by atoms with van der Waals surface area (Å²) in [5.74, 6) is -0.197. The number of thiazole rings is 1. The number of alkyl halides is 3. The van der Waals surface area contributed by atoms with Crippen molar-refractivity contribution in [3.05, 3.63) is 59.0 Å². The molecule has 1 fully saturated rings. The fourth-order valence-corrected chi connectivity index (χ4v) is 4.15. The van der Waals surface area contributed by atoms with Crippen molar-refractivity contribution in [3.8, 4) is 10.6 Å². The van der Waals surface area contributed by atoms with Gasteiger partial charge in [0.25, 0.3) is 5.91 Å². The number of rotatable bonds is 3. The van der Waals surface area contributed by atoms with Gasteiger partial charge in [-0.15, -0.1) is 11.3 Å². The van der Waals surface area contributed by atoms with Crippen LogP contribution >= 0.6 is 11.3 Å². The lowest BCUT2D eigenvalue weighted by molar-refractivity contribution is -0.141. The number of anilines is 1. The summed E-state index contributed by atoms with van der Waals surface area (Å²) >= 11 is 1.44. The van der Waals surface area contributed by atoms with Gasteiger partial charge >= 0.3 is 6.18 Å². The highest BCUT2D eigenvalue weighted by Crippen LogP contribution is 2.31. The van der Waals surface area contributed by atoms with Crippen LogP contribution in [0.2, 0.25) is 0 Å². The Bertz CT molecular complexity index is 1110. The van der Waals surface area contributed by atoms with E-state index in [0.29, 0.717) is 5.56 Å². The Morgan fingerprint density at radius 1 is 1.22 bits per heavy atom. The first-order valence-corrected chi connectivity index (χ1v) is 10.8. The van der Waals surface area contributed by atoms with Gasteiger partial charge in [-0.2, -0.15) is 13.2 Å². The summed E-state index contributed by atoms with van der Waals surface area (Å²) < 4.78 is 39.5. The van der Waals surface area contributed by atoms with E-state index in [1.165, 1.54) is 23.3 Å². The molecule has 3 heterocycles. The van der Waals surface area contributed by atoms with Crippen molar-refractivity contribution in [2.24, 2.45) is 0 Å². The lowest BCUT2D eigenvalue weighted by Gasteiger charge is -2.23. The van der Waals surface area contributed by atoms with Gasteiger partial charge in [0.05, 0.1) is 6.54 Å². The van der Waals surface area contributed by atoms with E-state index in [1.54, 1.807) is 30.2 Å². The van der Waals surface area contributed by atoms with Crippen LogP contribution in [0.4, 0.5) is 19.0 Å². The van der Waals surface area contributed by atoms with Gasteiger partial charge in [0.2, 0.25) is 0 Å². The van der Waals surface area contributed by atoms with Gasteiger partial charge in [0, 0.05) is 41.9 Å². The molecule has 0 radical (unpaired) electrons.